The summed E-state index contributed by atoms with van der Waals surface area (Å²) in [6, 6.07) is 18.5. The third-order valence-corrected chi connectivity index (χ3v) is 5.47. The number of carbonyl (C=O) groups is 1. The molecule has 1 unspecified atom stereocenters. The Morgan fingerprint density at radius 1 is 1.10 bits per heavy atom. The van der Waals surface area contributed by atoms with E-state index >= 15 is 0 Å². The molecule has 4 aromatic rings. The van der Waals surface area contributed by atoms with E-state index in [2.05, 4.69) is 10.3 Å². The van der Waals surface area contributed by atoms with Gasteiger partial charge in [0.25, 0.3) is 5.91 Å². The highest BCUT2D eigenvalue weighted by Gasteiger charge is 2.21. The number of para-hydroxylation sites is 2. The zero-order chi connectivity index (χ0) is 21.3. The van der Waals surface area contributed by atoms with Crippen LogP contribution >= 0.6 is 23.2 Å². The number of carbonyl (C=O) groups excluding carboxylic acids is 1. The molecule has 4 rings (SSSR count). The Balaban J connectivity index is 1.71. The van der Waals surface area contributed by atoms with Crippen LogP contribution in [0.2, 0.25) is 10.0 Å². The molecule has 1 atom stereocenters. The van der Waals surface area contributed by atoms with Gasteiger partial charge in [-0.25, -0.2) is 9.37 Å². The number of fused-ring (bicyclic) bond motifs is 1. The number of imidazole rings is 1. The van der Waals surface area contributed by atoms with E-state index in [9.17, 15) is 9.18 Å². The Kier molecular flexibility index (Phi) is 5.75. The van der Waals surface area contributed by atoms with Crippen LogP contribution in [0, 0.1) is 5.82 Å². The Hall–Kier alpha value is -2.89. The SMILES string of the molecule is CC(NC(=O)c1cccc(Cl)c1)c1nc2ccccc2n1Cc1c(F)cccc1Cl. The smallest absolute Gasteiger partial charge is 0.251 e. The Morgan fingerprint density at radius 2 is 1.87 bits per heavy atom. The van der Waals surface area contributed by atoms with Gasteiger partial charge in [0.05, 0.1) is 23.6 Å². The van der Waals surface area contributed by atoms with E-state index in [1.54, 1.807) is 36.4 Å². The van der Waals surface area contributed by atoms with E-state index in [0.29, 0.717) is 27.0 Å². The van der Waals surface area contributed by atoms with Crippen molar-refractivity contribution in [3.05, 3.63) is 99.5 Å². The van der Waals surface area contributed by atoms with Crippen molar-refractivity contribution >= 4 is 40.1 Å². The van der Waals surface area contributed by atoms with Gasteiger partial charge in [0.2, 0.25) is 0 Å². The molecule has 7 heteroatoms. The first-order valence-corrected chi connectivity index (χ1v) is 10.1. The predicted octanol–water partition coefficient (Wildman–Crippen LogP) is 6.02. The summed E-state index contributed by atoms with van der Waals surface area (Å²) in [6.45, 7) is 2.03. The van der Waals surface area contributed by atoms with Crippen LogP contribution in [0.4, 0.5) is 4.39 Å². The monoisotopic (exact) mass is 441 g/mol. The minimum Gasteiger partial charge on any atom is -0.342 e. The van der Waals surface area contributed by atoms with Gasteiger partial charge in [-0.2, -0.15) is 0 Å². The highest BCUT2D eigenvalue weighted by Crippen LogP contribution is 2.26. The molecule has 1 heterocycles. The lowest BCUT2D eigenvalue weighted by atomic mass is 10.2. The first-order valence-electron chi connectivity index (χ1n) is 9.38. The summed E-state index contributed by atoms with van der Waals surface area (Å²) < 4.78 is 16.3. The van der Waals surface area contributed by atoms with Gasteiger partial charge in [-0.3, -0.25) is 4.79 Å². The standard InChI is InChI=1S/C23H18Cl2FN3O/c1-14(27-23(30)15-6-4-7-16(24)12-15)22-28-20-10-2-3-11-21(20)29(22)13-17-18(25)8-5-9-19(17)26/h2-12,14H,13H2,1H3,(H,27,30). The largest absolute Gasteiger partial charge is 0.342 e. The van der Waals surface area contributed by atoms with Crippen molar-refractivity contribution in [2.75, 3.05) is 0 Å². The second kappa shape index (κ2) is 8.46. The minimum absolute atomic E-state index is 0.193. The van der Waals surface area contributed by atoms with Gasteiger partial charge in [-0.05, 0) is 49.4 Å². The third-order valence-electron chi connectivity index (χ3n) is 4.88. The number of hydrogen-bond acceptors (Lipinski definition) is 2. The average molecular weight is 442 g/mol. The molecule has 1 aromatic heterocycles. The Bertz CT molecular complexity index is 1220. The zero-order valence-corrected chi connectivity index (χ0v) is 17.6. The molecule has 1 amide bonds. The van der Waals surface area contributed by atoms with Crippen LogP contribution in [-0.4, -0.2) is 15.5 Å². The van der Waals surface area contributed by atoms with E-state index in [4.69, 9.17) is 23.2 Å². The molecule has 0 bridgehead atoms. The molecular formula is C23H18Cl2FN3O. The number of rotatable bonds is 5. The second-order valence-electron chi connectivity index (χ2n) is 6.95. The van der Waals surface area contributed by atoms with Crippen LogP contribution in [0.5, 0.6) is 0 Å². The van der Waals surface area contributed by atoms with Gasteiger partial charge in [-0.15, -0.1) is 0 Å². The molecule has 30 heavy (non-hydrogen) atoms. The maximum absolute atomic E-state index is 14.4. The molecule has 152 valence electrons. The van der Waals surface area contributed by atoms with E-state index in [0.717, 1.165) is 11.0 Å². The fourth-order valence-electron chi connectivity index (χ4n) is 3.41. The first-order chi connectivity index (χ1) is 14.4. The minimum atomic E-state index is -0.436. The summed E-state index contributed by atoms with van der Waals surface area (Å²) in [4.78, 5) is 17.4. The number of nitrogens with zero attached hydrogens (tertiary/aromatic N) is 2. The Morgan fingerprint density at radius 3 is 2.63 bits per heavy atom. The summed E-state index contributed by atoms with van der Waals surface area (Å²) in [6.07, 6.45) is 0. The Labute approximate surface area is 183 Å². The van der Waals surface area contributed by atoms with E-state index < -0.39 is 6.04 Å². The number of nitrogens with one attached hydrogen (secondary N) is 1. The lowest BCUT2D eigenvalue weighted by Gasteiger charge is -2.17. The van der Waals surface area contributed by atoms with Gasteiger partial charge in [0.15, 0.2) is 0 Å². The van der Waals surface area contributed by atoms with E-state index in [1.165, 1.54) is 6.07 Å². The summed E-state index contributed by atoms with van der Waals surface area (Å²) in [7, 11) is 0. The summed E-state index contributed by atoms with van der Waals surface area (Å²) in [5, 5.41) is 3.77. The lowest BCUT2D eigenvalue weighted by molar-refractivity contribution is 0.0937. The first kappa shape index (κ1) is 20.4. The van der Waals surface area contributed by atoms with Crippen LogP contribution in [0.15, 0.2) is 66.7 Å². The lowest BCUT2D eigenvalue weighted by Crippen LogP contribution is -2.29. The number of hydrogen-bond donors (Lipinski definition) is 1. The van der Waals surface area contributed by atoms with Crippen molar-refractivity contribution in [2.24, 2.45) is 0 Å². The van der Waals surface area contributed by atoms with Gasteiger partial charge in [0.1, 0.15) is 11.6 Å². The third kappa shape index (κ3) is 4.04. The number of aromatic nitrogens is 2. The van der Waals surface area contributed by atoms with Crippen molar-refractivity contribution in [3.8, 4) is 0 Å². The molecule has 3 aromatic carbocycles. The molecule has 0 spiro atoms. The van der Waals surface area contributed by atoms with E-state index in [1.807, 2.05) is 35.8 Å². The molecule has 1 N–H and O–H groups in total. The molecule has 4 nitrogen and oxygen atoms in total. The molecule has 0 aliphatic heterocycles. The van der Waals surface area contributed by atoms with Crippen molar-refractivity contribution in [1.82, 2.24) is 14.9 Å². The molecule has 0 radical (unpaired) electrons. The molecular weight excluding hydrogens is 424 g/mol. The quantitative estimate of drug-likeness (QED) is 0.411. The van der Waals surface area contributed by atoms with Crippen LogP contribution < -0.4 is 5.32 Å². The topological polar surface area (TPSA) is 46.9 Å². The van der Waals surface area contributed by atoms with Crippen molar-refractivity contribution in [2.45, 2.75) is 19.5 Å². The van der Waals surface area contributed by atoms with Crippen LogP contribution in [-0.2, 0) is 6.54 Å². The van der Waals surface area contributed by atoms with Gasteiger partial charge < -0.3 is 9.88 Å². The van der Waals surface area contributed by atoms with Crippen molar-refractivity contribution in [3.63, 3.8) is 0 Å². The van der Waals surface area contributed by atoms with Crippen LogP contribution in [0.1, 0.15) is 34.7 Å². The van der Waals surface area contributed by atoms with Crippen LogP contribution in [0.25, 0.3) is 11.0 Å². The molecule has 0 saturated heterocycles. The predicted molar refractivity (Wildman–Crippen MR) is 118 cm³/mol. The highest BCUT2D eigenvalue weighted by atomic mass is 35.5. The van der Waals surface area contributed by atoms with Crippen molar-refractivity contribution < 1.29 is 9.18 Å². The molecule has 0 saturated carbocycles. The van der Waals surface area contributed by atoms with Gasteiger partial charge in [-0.1, -0.05) is 47.5 Å². The fourth-order valence-corrected chi connectivity index (χ4v) is 3.82. The zero-order valence-electron chi connectivity index (χ0n) is 16.1. The molecule has 0 fully saturated rings. The van der Waals surface area contributed by atoms with Crippen LogP contribution in [0.3, 0.4) is 0 Å². The summed E-state index contributed by atoms with van der Waals surface area (Å²) in [5.74, 6) is -0.0553. The molecule has 0 aliphatic rings. The molecule has 0 aliphatic carbocycles. The van der Waals surface area contributed by atoms with Crippen molar-refractivity contribution in [1.29, 1.82) is 0 Å². The summed E-state index contributed by atoms with van der Waals surface area (Å²) in [5.41, 5.74) is 2.41. The normalized spacial score (nSPS) is 12.1. The van der Waals surface area contributed by atoms with E-state index in [-0.39, 0.29) is 18.3 Å². The maximum Gasteiger partial charge on any atom is 0.251 e. The average Bonchev–Trinajstić information content (AvgIpc) is 3.09. The highest BCUT2D eigenvalue weighted by molar-refractivity contribution is 6.31. The number of halogens is 3. The fraction of sp³-hybridized carbons (Fsp3) is 0.130. The maximum atomic E-state index is 14.4. The van der Waals surface area contributed by atoms with Gasteiger partial charge in [0, 0.05) is 21.2 Å². The van der Waals surface area contributed by atoms with Gasteiger partial charge >= 0.3 is 0 Å². The number of amides is 1. The number of benzene rings is 3. The second-order valence-corrected chi connectivity index (χ2v) is 7.79. The summed E-state index contributed by atoms with van der Waals surface area (Å²) >= 11 is 12.2.